The van der Waals surface area contributed by atoms with Crippen LogP contribution in [0, 0.1) is 6.92 Å². The number of carbonyl (C=O) groups is 1. The summed E-state index contributed by atoms with van der Waals surface area (Å²) in [6.45, 7) is 1.85. The van der Waals surface area contributed by atoms with Crippen molar-refractivity contribution in [3.8, 4) is 11.5 Å². The summed E-state index contributed by atoms with van der Waals surface area (Å²) in [5.41, 5.74) is 2.92. The van der Waals surface area contributed by atoms with Gasteiger partial charge in [0, 0.05) is 0 Å². The van der Waals surface area contributed by atoms with Gasteiger partial charge in [-0.2, -0.15) is 5.10 Å². The number of hydrazone groups is 1. The number of phenolic OH excluding ortho intramolecular Hbond substituents is 2. The number of nitrogens with zero attached hydrogens (tertiary/aromatic N) is 3. The van der Waals surface area contributed by atoms with Crippen molar-refractivity contribution in [3.63, 3.8) is 0 Å². The zero-order valence-corrected chi connectivity index (χ0v) is 12.6. The standard InChI is InChI=1S/C12H12N4O3S2/c1-7-14-16-12(21-7)20-6-11(19)15-13-5-8-2-3-9(17)10(18)4-8/h2-5,17-18H,6H2,1H3,(H,15,19). The van der Waals surface area contributed by atoms with E-state index in [4.69, 9.17) is 5.11 Å². The third kappa shape index (κ3) is 4.72. The highest BCUT2D eigenvalue weighted by Gasteiger charge is 2.05. The van der Waals surface area contributed by atoms with Gasteiger partial charge in [-0.05, 0) is 30.7 Å². The highest BCUT2D eigenvalue weighted by molar-refractivity contribution is 8.01. The quantitative estimate of drug-likeness (QED) is 0.333. The Kier molecular flexibility index (Phi) is 5.12. The summed E-state index contributed by atoms with van der Waals surface area (Å²) >= 11 is 2.71. The van der Waals surface area contributed by atoms with Gasteiger partial charge >= 0.3 is 0 Å². The van der Waals surface area contributed by atoms with Gasteiger partial charge < -0.3 is 10.2 Å². The van der Waals surface area contributed by atoms with Crippen LogP contribution in [0.2, 0.25) is 0 Å². The minimum Gasteiger partial charge on any atom is -0.504 e. The zero-order valence-electron chi connectivity index (χ0n) is 11.0. The molecule has 21 heavy (non-hydrogen) atoms. The number of rotatable bonds is 5. The molecule has 0 aliphatic heterocycles. The fourth-order valence-corrected chi connectivity index (χ4v) is 2.90. The Labute approximate surface area is 128 Å². The fourth-order valence-electron chi connectivity index (χ4n) is 1.30. The summed E-state index contributed by atoms with van der Waals surface area (Å²) in [6, 6.07) is 4.24. The predicted octanol–water partition coefficient (Wildman–Crippen LogP) is 1.50. The molecule has 1 aromatic heterocycles. The molecule has 7 nitrogen and oxygen atoms in total. The van der Waals surface area contributed by atoms with Gasteiger partial charge in [-0.1, -0.05) is 23.1 Å². The van der Waals surface area contributed by atoms with Crippen LogP contribution in [0.1, 0.15) is 10.6 Å². The van der Waals surface area contributed by atoms with Gasteiger partial charge in [-0.3, -0.25) is 4.79 Å². The van der Waals surface area contributed by atoms with E-state index in [9.17, 15) is 9.90 Å². The number of hydrogen-bond acceptors (Lipinski definition) is 8. The van der Waals surface area contributed by atoms with E-state index in [0.717, 1.165) is 9.35 Å². The van der Waals surface area contributed by atoms with E-state index < -0.39 is 0 Å². The van der Waals surface area contributed by atoms with Crippen LogP contribution < -0.4 is 5.43 Å². The second-order valence-corrected chi connectivity index (χ2v) is 6.32. The van der Waals surface area contributed by atoms with Crippen LogP contribution in [0.3, 0.4) is 0 Å². The van der Waals surface area contributed by atoms with E-state index in [-0.39, 0.29) is 23.2 Å². The second-order valence-electron chi connectivity index (χ2n) is 3.92. The van der Waals surface area contributed by atoms with E-state index in [1.54, 1.807) is 6.07 Å². The number of aromatic nitrogens is 2. The average Bonchev–Trinajstić information content (AvgIpc) is 2.86. The third-order valence-corrected chi connectivity index (χ3v) is 4.21. The SMILES string of the molecule is Cc1nnc(SCC(=O)NN=Cc2ccc(O)c(O)c2)s1. The molecule has 1 amide bonds. The monoisotopic (exact) mass is 324 g/mol. The highest BCUT2D eigenvalue weighted by atomic mass is 32.2. The molecule has 2 rings (SSSR count). The maximum absolute atomic E-state index is 11.6. The Morgan fingerprint density at radius 2 is 2.24 bits per heavy atom. The van der Waals surface area contributed by atoms with Crippen molar-refractivity contribution in [2.45, 2.75) is 11.3 Å². The highest BCUT2D eigenvalue weighted by Crippen LogP contribution is 2.24. The summed E-state index contributed by atoms with van der Waals surface area (Å²) in [7, 11) is 0. The van der Waals surface area contributed by atoms with Gasteiger partial charge in [0.25, 0.3) is 5.91 Å². The summed E-state index contributed by atoms with van der Waals surface area (Å²) in [5, 5.41) is 30.8. The smallest absolute Gasteiger partial charge is 0.250 e. The first-order valence-electron chi connectivity index (χ1n) is 5.81. The van der Waals surface area contributed by atoms with Crippen LogP contribution in [0.25, 0.3) is 0 Å². The number of phenols is 2. The van der Waals surface area contributed by atoms with Crippen LogP contribution in [0.4, 0.5) is 0 Å². The largest absolute Gasteiger partial charge is 0.504 e. The number of carbonyl (C=O) groups excluding carboxylic acids is 1. The first-order valence-corrected chi connectivity index (χ1v) is 7.61. The van der Waals surface area contributed by atoms with Crippen LogP contribution in [0.5, 0.6) is 11.5 Å². The molecular weight excluding hydrogens is 312 g/mol. The van der Waals surface area contributed by atoms with Gasteiger partial charge in [0.1, 0.15) is 5.01 Å². The number of amides is 1. The van der Waals surface area contributed by atoms with E-state index in [0.29, 0.717) is 5.56 Å². The lowest BCUT2D eigenvalue weighted by atomic mass is 10.2. The fraction of sp³-hybridized carbons (Fsp3) is 0.167. The summed E-state index contributed by atoms with van der Waals surface area (Å²) in [5.74, 6) is -0.535. The van der Waals surface area contributed by atoms with E-state index in [2.05, 4.69) is 20.7 Å². The molecule has 0 radical (unpaired) electrons. The Morgan fingerprint density at radius 3 is 2.90 bits per heavy atom. The number of aromatic hydroxyl groups is 2. The topological polar surface area (TPSA) is 108 Å². The van der Waals surface area contributed by atoms with Crippen LogP contribution in [-0.4, -0.2) is 38.3 Å². The molecular formula is C12H12N4O3S2. The van der Waals surface area contributed by atoms with Crippen molar-refractivity contribution >= 4 is 35.2 Å². The molecule has 0 spiro atoms. The van der Waals surface area contributed by atoms with Crippen molar-refractivity contribution in [1.82, 2.24) is 15.6 Å². The number of thioether (sulfide) groups is 1. The van der Waals surface area contributed by atoms with Gasteiger partial charge in [-0.25, -0.2) is 5.43 Å². The third-order valence-electron chi connectivity index (χ3n) is 2.24. The van der Waals surface area contributed by atoms with Crippen molar-refractivity contribution in [2.75, 3.05) is 5.75 Å². The van der Waals surface area contributed by atoms with Crippen molar-refractivity contribution in [3.05, 3.63) is 28.8 Å². The van der Waals surface area contributed by atoms with Crippen molar-refractivity contribution in [2.24, 2.45) is 5.10 Å². The minimum absolute atomic E-state index is 0.187. The summed E-state index contributed by atoms with van der Waals surface area (Å²) in [4.78, 5) is 11.6. The number of benzene rings is 1. The molecule has 0 bridgehead atoms. The molecule has 0 unspecified atom stereocenters. The Morgan fingerprint density at radius 1 is 1.43 bits per heavy atom. The molecule has 0 atom stereocenters. The molecule has 1 heterocycles. The lowest BCUT2D eigenvalue weighted by Crippen LogP contribution is -2.19. The molecule has 110 valence electrons. The van der Waals surface area contributed by atoms with Crippen molar-refractivity contribution < 1.29 is 15.0 Å². The molecule has 0 saturated carbocycles. The van der Waals surface area contributed by atoms with E-state index >= 15 is 0 Å². The summed E-state index contributed by atoms with van der Waals surface area (Å²) in [6.07, 6.45) is 1.37. The molecule has 0 saturated heterocycles. The Bertz CT molecular complexity index is 672. The molecule has 0 aliphatic carbocycles. The van der Waals surface area contributed by atoms with E-state index in [1.807, 2.05) is 6.92 Å². The zero-order chi connectivity index (χ0) is 15.2. The predicted molar refractivity (Wildman–Crippen MR) is 80.9 cm³/mol. The molecule has 0 fully saturated rings. The van der Waals surface area contributed by atoms with Crippen LogP contribution >= 0.6 is 23.1 Å². The van der Waals surface area contributed by atoms with Crippen molar-refractivity contribution in [1.29, 1.82) is 0 Å². The second kappa shape index (κ2) is 7.04. The minimum atomic E-state index is -0.271. The molecule has 3 N–H and O–H groups in total. The number of aryl methyl sites for hydroxylation is 1. The maximum atomic E-state index is 11.6. The van der Waals surface area contributed by atoms with Gasteiger partial charge in [0.2, 0.25) is 0 Å². The molecule has 9 heteroatoms. The van der Waals surface area contributed by atoms with Crippen LogP contribution in [0.15, 0.2) is 27.6 Å². The lowest BCUT2D eigenvalue weighted by Gasteiger charge is -1.99. The van der Waals surface area contributed by atoms with Crippen LogP contribution in [-0.2, 0) is 4.79 Å². The van der Waals surface area contributed by atoms with E-state index in [1.165, 1.54) is 41.4 Å². The van der Waals surface area contributed by atoms with Gasteiger partial charge in [-0.15, -0.1) is 10.2 Å². The number of hydrogen-bond donors (Lipinski definition) is 3. The maximum Gasteiger partial charge on any atom is 0.250 e. The Balaban J connectivity index is 1.80. The first-order chi connectivity index (χ1) is 10.0. The molecule has 2 aromatic rings. The summed E-state index contributed by atoms with van der Waals surface area (Å²) < 4.78 is 0.732. The molecule has 0 aliphatic rings. The van der Waals surface area contributed by atoms with Gasteiger partial charge in [0.05, 0.1) is 12.0 Å². The molecule has 1 aromatic carbocycles. The number of nitrogens with one attached hydrogen (secondary N) is 1. The lowest BCUT2D eigenvalue weighted by molar-refractivity contribution is -0.118. The average molecular weight is 324 g/mol. The van der Waals surface area contributed by atoms with Gasteiger partial charge in [0.15, 0.2) is 15.8 Å². The Hall–Kier alpha value is -2.13. The normalized spacial score (nSPS) is 10.9. The first kappa shape index (κ1) is 15.3.